The Morgan fingerprint density at radius 2 is 1.97 bits per heavy atom. The molecule has 0 aliphatic carbocycles. The molecule has 2 aromatic heterocycles. The van der Waals surface area contributed by atoms with Gasteiger partial charge in [0.1, 0.15) is 0 Å². The van der Waals surface area contributed by atoms with Crippen molar-refractivity contribution in [2.75, 3.05) is 46.9 Å². The van der Waals surface area contributed by atoms with Crippen LogP contribution < -0.4 is 9.22 Å². The van der Waals surface area contributed by atoms with Crippen LogP contribution in [0.25, 0.3) is 11.2 Å². The van der Waals surface area contributed by atoms with Crippen LogP contribution in [0.1, 0.15) is 6.42 Å². The van der Waals surface area contributed by atoms with E-state index in [1.54, 1.807) is 25.2 Å². The molecule has 0 radical (unpaired) electrons. The number of fused-ring (bicyclic) bond motifs is 1. The molecule has 3 aromatic rings. The van der Waals surface area contributed by atoms with Gasteiger partial charge in [-0.2, -0.15) is 0 Å². The van der Waals surface area contributed by atoms with Gasteiger partial charge in [0.25, 0.3) is 0 Å². The monoisotopic (exact) mass is 600 g/mol. The molecule has 0 amide bonds. The molecule has 1 unspecified atom stereocenters. The Morgan fingerprint density at radius 3 is 2.73 bits per heavy atom. The van der Waals surface area contributed by atoms with E-state index in [2.05, 4.69) is 66.1 Å². The number of rotatable bonds is 7. The quantitative estimate of drug-likeness (QED) is 0.301. The van der Waals surface area contributed by atoms with Crippen molar-refractivity contribution in [1.29, 1.82) is 0 Å². The molecule has 1 fully saturated rings. The van der Waals surface area contributed by atoms with Crippen LogP contribution in [0.5, 0.6) is 5.75 Å². The molecular weight excluding hydrogens is 574 g/mol. The summed E-state index contributed by atoms with van der Waals surface area (Å²) in [7, 11) is 3.90. The summed E-state index contributed by atoms with van der Waals surface area (Å²) in [5, 5.41) is 0.967. The van der Waals surface area contributed by atoms with Gasteiger partial charge in [-0.15, -0.1) is 0 Å². The summed E-state index contributed by atoms with van der Waals surface area (Å²) in [6.07, 6.45) is 2.73. The molecule has 0 saturated carbocycles. The first-order valence-electron chi connectivity index (χ1n) is 9.94. The van der Waals surface area contributed by atoms with Gasteiger partial charge in [-0.1, -0.05) is 0 Å². The van der Waals surface area contributed by atoms with E-state index in [1.807, 2.05) is 6.07 Å². The Balaban J connectivity index is 1.57. The van der Waals surface area contributed by atoms with Gasteiger partial charge in [0.2, 0.25) is 0 Å². The van der Waals surface area contributed by atoms with Crippen molar-refractivity contribution < 1.29 is 4.74 Å². The summed E-state index contributed by atoms with van der Waals surface area (Å²) in [5.41, 5.74) is 1.85. The van der Waals surface area contributed by atoms with Crippen LogP contribution in [0.3, 0.4) is 0 Å². The fraction of sp³-hybridized carbons (Fsp3) is 0.450. The van der Waals surface area contributed by atoms with Crippen molar-refractivity contribution in [3.63, 3.8) is 0 Å². The number of nitrogens with zero attached hydrogens (tertiary/aromatic N) is 6. The number of likely N-dealkylation sites (N-methyl/N-ethyl adjacent to an activating group) is 1. The number of benzene rings is 1. The molecule has 1 saturated heterocycles. The third-order valence-electron chi connectivity index (χ3n) is 5.32. The molecule has 1 atom stereocenters. The molecule has 4 rings (SSSR count). The summed E-state index contributed by atoms with van der Waals surface area (Å²) < 4.78 is 9.84. The molecular formula is C20H26AsIN6OS. The Morgan fingerprint density at radius 1 is 1.17 bits per heavy atom. The zero-order chi connectivity index (χ0) is 21.1. The van der Waals surface area contributed by atoms with E-state index in [0.717, 1.165) is 77.1 Å². The van der Waals surface area contributed by atoms with Gasteiger partial charge >= 0.3 is 205 Å². The predicted molar refractivity (Wildman–Crippen MR) is 132 cm³/mol. The fourth-order valence-corrected chi connectivity index (χ4v) is 5.70. The molecule has 10 heteroatoms. The first kappa shape index (κ1) is 22.3. The van der Waals surface area contributed by atoms with E-state index in [-0.39, 0.29) is 0 Å². The second-order valence-electron chi connectivity index (χ2n) is 7.37. The Labute approximate surface area is 203 Å². The summed E-state index contributed by atoms with van der Waals surface area (Å²) in [6, 6.07) is 6.14. The molecule has 0 spiro atoms. The van der Waals surface area contributed by atoms with Crippen molar-refractivity contribution in [2.45, 2.75) is 23.0 Å². The van der Waals surface area contributed by atoms with Crippen molar-refractivity contribution >= 4 is 66.9 Å². The number of methoxy groups -OCH3 is 1. The zero-order valence-electron chi connectivity index (χ0n) is 17.2. The van der Waals surface area contributed by atoms with Gasteiger partial charge in [-0.3, -0.25) is 0 Å². The second-order valence-corrected chi connectivity index (χ2v) is 10.7. The van der Waals surface area contributed by atoms with E-state index in [0.29, 0.717) is 0 Å². The number of piperazine rings is 1. The topological polar surface area (TPSA) is 59.3 Å². The SMILES string of the molecule is COc1ccc(I)c(Sc2nc3c([AsH2])ncnc3n2CCCN2CCN(C)CC2)c1. The molecule has 3 heterocycles. The Hall–Kier alpha value is -0.872. The minimum atomic E-state index is 0.856. The number of hydrogen-bond acceptors (Lipinski definition) is 7. The third kappa shape index (κ3) is 5.12. The van der Waals surface area contributed by atoms with Crippen LogP contribution in [-0.2, 0) is 6.54 Å². The van der Waals surface area contributed by atoms with Gasteiger partial charge in [-0.05, 0) is 0 Å². The van der Waals surface area contributed by atoms with Crippen LogP contribution in [-0.4, -0.2) is 93.1 Å². The Kier molecular flexibility index (Phi) is 7.56. The average Bonchev–Trinajstić information content (AvgIpc) is 3.10. The number of halogens is 1. The van der Waals surface area contributed by atoms with Gasteiger partial charge in [0.15, 0.2) is 0 Å². The van der Waals surface area contributed by atoms with Crippen LogP contribution >= 0.6 is 34.4 Å². The second kappa shape index (κ2) is 10.2. The van der Waals surface area contributed by atoms with Crippen LogP contribution in [0.2, 0.25) is 0 Å². The first-order chi connectivity index (χ1) is 14.5. The molecule has 30 heavy (non-hydrogen) atoms. The normalized spacial score (nSPS) is 15.7. The van der Waals surface area contributed by atoms with Crippen molar-refractivity contribution in [3.8, 4) is 5.75 Å². The van der Waals surface area contributed by atoms with Gasteiger partial charge in [-0.25, -0.2) is 0 Å². The number of aromatic nitrogens is 4. The molecule has 1 aliphatic rings. The van der Waals surface area contributed by atoms with Crippen LogP contribution in [0.15, 0.2) is 34.6 Å². The molecule has 160 valence electrons. The maximum atomic E-state index is 5.42. The molecule has 1 aromatic carbocycles. The first-order valence-corrected chi connectivity index (χ1v) is 13.0. The number of hydrogen-bond donors (Lipinski definition) is 0. The summed E-state index contributed by atoms with van der Waals surface area (Å²) in [5.74, 6) is 0.856. The van der Waals surface area contributed by atoms with E-state index in [1.165, 1.54) is 20.4 Å². The predicted octanol–water partition coefficient (Wildman–Crippen LogP) is 1.49. The molecule has 1 aliphatic heterocycles. The van der Waals surface area contributed by atoms with Gasteiger partial charge in [0, 0.05) is 0 Å². The fourth-order valence-electron chi connectivity index (χ4n) is 3.52. The van der Waals surface area contributed by atoms with Crippen molar-refractivity contribution in [1.82, 2.24) is 29.3 Å². The standard InChI is InChI=1S/C20H26AsIN6OS/c1-26-8-10-27(11-9-26)6-3-7-28-19-17(18(21)23-13-24-19)25-20(28)30-16-12-14(29-2)4-5-15(16)22/h4-5,12-13H,3,6-11,21H2,1-2H3. The van der Waals surface area contributed by atoms with Crippen molar-refractivity contribution in [3.05, 3.63) is 28.1 Å². The molecule has 0 bridgehead atoms. The van der Waals surface area contributed by atoms with E-state index < -0.39 is 0 Å². The van der Waals surface area contributed by atoms with E-state index in [9.17, 15) is 0 Å². The summed E-state index contributed by atoms with van der Waals surface area (Å²) >= 11 is 5.52. The van der Waals surface area contributed by atoms with Gasteiger partial charge in [0.05, 0.1) is 0 Å². The Bertz CT molecular complexity index is 1020. The van der Waals surface area contributed by atoms with Crippen LogP contribution in [0.4, 0.5) is 0 Å². The summed E-state index contributed by atoms with van der Waals surface area (Å²) in [4.78, 5) is 20.0. The number of ether oxygens (including phenoxy) is 1. The number of imidazole rings is 1. The average molecular weight is 600 g/mol. The third-order valence-corrected chi connectivity index (χ3v) is 8.56. The number of aryl methyl sites for hydroxylation is 1. The van der Waals surface area contributed by atoms with Crippen molar-refractivity contribution in [2.24, 2.45) is 0 Å². The molecule has 0 N–H and O–H groups in total. The minimum absolute atomic E-state index is 0.856. The van der Waals surface area contributed by atoms with Gasteiger partial charge < -0.3 is 0 Å². The summed E-state index contributed by atoms with van der Waals surface area (Å²) in [6.45, 7) is 6.59. The van der Waals surface area contributed by atoms with Crippen LogP contribution in [0, 0.1) is 3.57 Å². The van der Waals surface area contributed by atoms with E-state index in [4.69, 9.17) is 9.72 Å². The molecule has 7 nitrogen and oxygen atoms in total. The van der Waals surface area contributed by atoms with E-state index >= 15 is 0 Å². The maximum absolute atomic E-state index is 5.42. The zero-order valence-corrected chi connectivity index (χ0v) is 22.6.